The van der Waals surface area contributed by atoms with Crippen LogP contribution in [-0.2, 0) is 15.4 Å². The molecule has 0 atom stereocenters. The second-order valence-electron chi connectivity index (χ2n) is 7.53. The molecule has 118 valence electrons. The molecule has 21 heavy (non-hydrogen) atoms. The van der Waals surface area contributed by atoms with Gasteiger partial charge in [0, 0.05) is 5.56 Å². The largest absolute Gasteiger partial charge is 0.396 e. The predicted molar refractivity (Wildman–Crippen MR) is 85.0 cm³/mol. The number of carbonyl (C=O) groups is 1. The lowest BCUT2D eigenvalue weighted by molar-refractivity contribution is 0.104. The van der Waals surface area contributed by atoms with E-state index in [2.05, 4.69) is 0 Å². The maximum absolute atomic E-state index is 12.2. The molecular formula is C16H25O4P. The van der Waals surface area contributed by atoms with Gasteiger partial charge in [-0.2, -0.15) is 0 Å². The lowest BCUT2D eigenvalue weighted by atomic mass is 9.71. The third-order valence-corrected chi connectivity index (χ3v) is 4.18. The van der Waals surface area contributed by atoms with Crippen LogP contribution in [0.15, 0.2) is 12.1 Å². The summed E-state index contributed by atoms with van der Waals surface area (Å²) in [7, 11) is -4.80. The highest BCUT2D eigenvalue weighted by atomic mass is 31.2. The van der Waals surface area contributed by atoms with E-state index in [9.17, 15) is 19.1 Å². The van der Waals surface area contributed by atoms with Gasteiger partial charge in [0.1, 0.15) is 0 Å². The van der Waals surface area contributed by atoms with Crippen LogP contribution in [0, 0.1) is 6.92 Å². The van der Waals surface area contributed by atoms with Gasteiger partial charge in [0.05, 0.1) is 0 Å². The van der Waals surface area contributed by atoms with Crippen LogP contribution < -0.4 is 0 Å². The normalized spacial score (nSPS) is 13.4. The second-order valence-corrected chi connectivity index (χ2v) is 9.02. The van der Waals surface area contributed by atoms with E-state index >= 15 is 0 Å². The van der Waals surface area contributed by atoms with Crippen molar-refractivity contribution < 1.29 is 19.1 Å². The fourth-order valence-electron chi connectivity index (χ4n) is 2.79. The van der Waals surface area contributed by atoms with E-state index in [1.54, 1.807) is 6.07 Å². The van der Waals surface area contributed by atoms with Gasteiger partial charge in [0.25, 0.3) is 5.52 Å². The quantitative estimate of drug-likeness (QED) is 0.812. The minimum Gasteiger partial charge on any atom is -0.319 e. The van der Waals surface area contributed by atoms with E-state index in [4.69, 9.17) is 0 Å². The van der Waals surface area contributed by atoms with Gasteiger partial charge in [-0.15, -0.1) is 0 Å². The van der Waals surface area contributed by atoms with Crippen molar-refractivity contribution in [3.63, 3.8) is 0 Å². The first kappa shape index (κ1) is 18.1. The molecule has 0 bridgehead atoms. The fraction of sp³-hybridized carbons (Fsp3) is 0.562. The number of rotatable bonds is 2. The van der Waals surface area contributed by atoms with E-state index in [0.717, 1.165) is 16.7 Å². The number of benzene rings is 1. The number of carbonyl (C=O) groups excluding carboxylic acids is 1. The third kappa shape index (κ3) is 3.82. The molecule has 0 unspecified atom stereocenters. The van der Waals surface area contributed by atoms with Crippen LogP contribution in [0.25, 0.3) is 0 Å². The molecule has 0 fully saturated rings. The van der Waals surface area contributed by atoms with E-state index < -0.39 is 18.5 Å². The monoisotopic (exact) mass is 312 g/mol. The average molecular weight is 312 g/mol. The molecule has 2 N–H and O–H groups in total. The molecule has 0 aliphatic heterocycles. The van der Waals surface area contributed by atoms with Crippen LogP contribution in [0.1, 0.15) is 68.6 Å². The average Bonchev–Trinajstić information content (AvgIpc) is 2.23. The van der Waals surface area contributed by atoms with E-state index in [1.807, 2.05) is 48.5 Å². The zero-order valence-corrected chi connectivity index (χ0v) is 14.7. The summed E-state index contributed by atoms with van der Waals surface area (Å²) in [4.78, 5) is 30.7. The maximum atomic E-state index is 12.2. The Morgan fingerprint density at radius 3 is 1.71 bits per heavy atom. The van der Waals surface area contributed by atoms with E-state index in [-0.39, 0.29) is 11.0 Å². The van der Waals surface area contributed by atoms with Crippen LogP contribution in [0.2, 0.25) is 0 Å². The van der Waals surface area contributed by atoms with Crippen molar-refractivity contribution in [2.24, 2.45) is 0 Å². The molecule has 0 aliphatic carbocycles. The Labute approximate surface area is 126 Å². The van der Waals surface area contributed by atoms with Gasteiger partial charge >= 0.3 is 7.60 Å². The second kappa shape index (κ2) is 5.35. The Morgan fingerprint density at radius 1 is 0.952 bits per heavy atom. The highest BCUT2D eigenvalue weighted by molar-refractivity contribution is 7.70. The van der Waals surface area contributed by atoms with Crippen LogP contribution in [0.4, 0.5) is 0 Å². The topological polar surface area (TPSA) is 74.6 Å². The van der Waals surface area contributed by atoms with E-state index in [0.29, 0.717) is 0 Å². The van der Waals surface area contributed by atoms with Gasteiger partial charge in [-0.05, 0) is 34.4 Å². The summed E-state index contributed by atoms with van der Waals surface area (Å²) in [6.07, 6.45) is 0. The first-order valence-electron chi connectivity index (χ1n) is 6.92. The molecule has 1 aromatic carbocycles. The summed E-state index contributed by atoms with van der Waals surface area (Å²) < 4.78 is 11.4. The van der Waals surface area contributed by atoms with Crippen molar-refractivity contribution in [2.75, 3.05) is 0 Å². The van der Waals surface area contributed by atoms with Crippen molar-refractivity contribution in [2.45, 2.75) is 59.3 Å². The van der Waals surface area contributed by atoms with Crippen molar-refractivity contribution in [3.8, 4) is 0 Å². The van der Waals surface area contributed by atoms with Crippen molar-refractivity contribution >= 4 is 13.1 Å². The van der Waals surface area contributed by atoms with Crippen LogP contribution in [0.5, 0.6) is 0 Å². The lowest BCUT2D eigenvalue weighted by Gasteiger charge is -2.33. The summed E-state index contributed by atoms with van der Waals surface area (Å²) in [6, 6.07) is 3.30. The highest BCUT2D eigenvalue weighted by Gasteiger charge is 2.36. The Bertz CT molecular complexity index is 612. The molecule has 0 aromatic heterocycles. The predicted octanol–water partition coefficient (Wildman–Crippen LogP) is 3.91. The molecule has 0 saturated heterocycles. The van der Waals surface area contributed by atoms with Gasteiger partial charge < -0.3 is 9.79 Å². The Morgan fingerprint density at radius 2 is 1.38 bits per heavy atom. The number of aryl methyl sites for hydroxylation is 1. The first-order valence-corrected chi connectivity index (χ1v) is 8.53. The minimum atomic E-state index is -4.80. The highest BCUT2D eigenvalue weighted by Crippen LogP contribution is 2.45. The Balaban J connectivity index is 3.86. The van der Waals surface area contributed by atoms with E-state index in [1.165, 1.54) is 6.07 Å². The van der Waals surface area contributed by atoms with Crippen molar-refractivity contribution in [1.82, 2.24) is 0 Å². The number of hydrogen-bond acceptors (Lipinski definition) is 2. The summed E-state index contributed by atoms with van der Waals surface area (Å²) in [5, 5.41) is 0. The van der Waals surface area contributed by atoms with Gasteiger partial charge in [-0.1, -0.05) is 53.7 Å². The Hall–Kier alpha value is -0.960. The summed E-state index contributed by atoms with van der Waals surface area (Å²) in [5.74, 6) is 0. The standard InChI is InChI=1S/C16H25O4P/c1-10-8-9-11(14(17)21(18,19)20)13(16(5,6)7)12(10)15(2,3)4/h8-9H,1-7H3,(H2,18,19,20). The lowest BCUT2D eigenvalue weighted by Crippen LogP contribution is -2.26. The summed E-state index contributed by atoms with van der Waals surface area (Å²) in [6.45, 7) is 13.9. The van der Waals surface area contributed by atoms with Gasteiger partial charge in [-0.3, -0.25) is 9.36 Å². The molecule has 5 heteroatoms. The molecule has 1 rings (SSSR count). The molecule has 0 aliphatic rings. The zero-order valence-electron chi connectivity index (χ0n) is 13.8. The molecule has 0 radical (unpaired) electrons. The fourth-order valence-corrected chi connectivity index (χ4v) is 3.29. The molecule has 0 saturated carbocycles. The zero-order chi connectivity index (χ0) is 16.8. The van der Waals surface area contributed by atoms with Crippen molar-refractivity contribution in [3.05, 3.63) is 34.4 Å². The maximum Gasteiger partial charge on any atom is 0.396 e. The smallest absolute Gasteiger partial charge is 0.319 e. The molecular weight excluding hydrogens is 287 g/mol. The number of hydrogen-bond donors (Lipinski definition) is 2. The molecule has 1 aromatic rings. The van der Waals surface area contributed by atoms with Gasteiger partial charge in [-0.25, -0.2) is 0 Å². The Kier molecular flexibility index (Phi) is 4.61. The third-order valence-electron chi connectivity index (χ3n) is 3.41. The summed E-state index contributed by atoms with van der Waals surface area (Å²) in [5.41, 5.74) is 1.14. The molecule has 0 spiro atoms. The van der Waals surface area contributed by atoms with Gasteiger partial charge in [0.15, 0.2) is 0 Å². The van der Waals surface area contributed by atoms with Gasteiger partial charge in [0.2, 0.25) is 0 Å². The minimum absolute atomic E-state index is 0.131. The van der Waals surface area contributed by atoms with Crippen LogP contribution in [0.3, 0.4) is 0 Å². The molecule has 0 heterocycles. The van der Waals surface area contributed by atoms with Crippen LogP contribution in [-0.4, -0.2) is 15.3 Å². The first-order chi connectivity index (χ1) is 9.17. The van der Waals surface area contributed by atoms with Crippen LogP contribution >= 0.6 is 7.60 Å². The molecule has 4 nitrogen and oxygen atoms in total. The SMILES string of the molecule is Cc1ccc(C(=O)P(=O)(O)O)c(C(C)(C)C)c1C(C)(C)C. The van der Waals surface area contributed by atoms with Crippen molar-refractivity contribution in [1.29, 1.82) is 0 Å². The molecule has 0 amide bonds. The summed E-state index contributed by atoms with van der Waals surface area (Å²) >= 11 is 0.